The highest BCUT2D eigenvalue weighted by atomic mass is 16.5. The van der Waals surface area contributed by atoms with Gasteiger partial charge in [0.1, 0.15) is 25.0 Å². The second kappa shape index (κ2) is 10.1. The van der Waals surface area contributed by atoms with E-state index in [4.69, 9.17) is 14.2 Å². The average Bonchev–Trinajstić information content (AvgIpc) is 3.20. The first-order valence-corrected chi connectivity index (χ1v) is 9.54. The summed E-state index contributed by atoms with van der Waals surface area (Å²) in [5, 5.41) is 3.14. The smallest absolute Gasteiger partial charge is 0.323 e. The SMILES string of the molecule is C=CCOC(=O)C1CC(OCc2ccc(OCc3ccc(C)cc3)cc2)CN1. The molecule has 0 saturated carbocycles. The van der Waals surface area contributed by atoms with E-state index >= 15 is 0 Å². The van der Waals surface area contributed by atoms with Gasteiger partial charge in [-0.3, -0.25) is 4.79 Å². The fourth-order valence-electron chi connectivity index (χ4n) is 3.00. The average molecular weight is 381 g/mol. The summed E-state index contributed by atoms with van der Waals surface area (Å²) >= 11 is 0. The lowest BCUT2D eigenvalue weighted by Crippen LogP contribution is -2.32. The van der Waals surface area contributed by atoms with E-state index in [9.17, 15) is 4.79 Å². The minimum atomic E-state index is -0.303. The van der Waals surface area contributed by atoms with Crippen molar-refractivity contribution >= 4 is 5.97 Å². The Morgan fingerprint density at radius 2 is 1.79 bits per heavy atom. The Balaban J connectivity index is 1.40. The molecule has 0 spiro atoms. The van der Waals surface area contributed by atoms with E-state index in [1.165, 1.54) is 5.56 Å². The lowest BCUT2D eigenvalue weighted by atomic mass is 10.2. The summed E-state index contributed by atoms with van der Waals surface area (Å²) < 4.78 is 16.8. The van der Waals surface area contributed by atoms with Crippen molar-refractivity contribution in [1.29, 1.82) is 0 Å². The molecule has 1 aliphatic rings. The molecular formula is C23H27NO4. The maximum atomic E-state index is 11.8. The highest BCUT2D eigenvalue weighted by Crippen LogP contribution is 2.18. The third kappa shape index (κ3) is 5.94. The minimum Gasteiger partial charge on any atom is -0.489 e. The molecule has 2 atom stereocenters. The molecule has 1 saturated heterocycles. The maximum absolute atomic E-state index is 11.8. The summed E-state index contributed by atoms with van der Waals surface area (Å²) in [4.78, 5) is 11.8. The normalized spacial score (nSPS) is 18.6. The number of carbonyl (C=O) groups is 1. The molecule has 1 heterocycles. The summed E-state index contributed by atoms with van der Waals surface area (Å²) in [5.74, 6) is 0.581. The fourth-order valence-corrected chi connectivity index (χ4v) is 3.00. The molecule has 5 nitrogen and oxygen atoms in total. The lowest BCUT2D eigenvalue weighted by molar-refractivity contribution is -0.144. The van der Waals surface area contributed by atoms with Crippen LogP contribution in [0, 0.1) is 6.92 Å². The molecule has 1 aliphatic heterocycles. The Bertz CT molecular complexity index is 770. The molecule has 0 aliphatic carbocycles. The quantitative estimate of drug-likeness (QED) is 0.532. The van der Waals surface area contributed by atoms with E-state index in [1.807, 2.05) is 24.3 Å². The summed E-state index contributed by atoms with van der Waals surface area (Å²) in [5.41, 5.74) is 3.46. The van der Waals surface area contributed by atoms with Gasteiger partial charge in [-0.05, 0) is 30.2 Å². The van der Waals surface area contributed by atoms with Crippen LogP contribution in [0.5, 0.6) is 5.75 Å². The van der Waals surface area contributed by atoms with Gasteiger partial charge in [-0.1, -0.05) is 54.6 Å². The van der Waals surface area contributed by atoms with Gasteiger partial charge in [0.15, 0.2) is 0 Å². The molecule has 0 aromatic heterocycles. The molecule has 2 unspecified atom stereocenters. The van der Waals surface area contributed by atoms with Crippen molar-refractivity contribution in [2.75, 3.05) is 13.2 Å². The Kier molecular flexibility index (Phi) is 7.23. The van der Waals surface area contributed by atoms with E-state index in [-0.39, 0.29) is 24.7 Å². The Hall–Kier alpha value is -2.63. The van der Waals surface area contributed by atoms with Gasteiger partial charge in [0, 0.05) is 13.0 Å². The summed E-state index contributed by atoms with van der Waals surface area (Å²) in [6.07, 6.45) is 2.18. The van der Waals surface area contributed by atoms with E-state index < -0.39 is 0 Å². The van der Waals surface area contributed by atoms with Crippen LogP contribution in [0.4, 0.5) is 0 Å². The van der Waals surface area contributed by atoms with Crippen molar-refractivity contribution in [2.24, 2.45) is 0 Å². The number of hydrogen-bond donors (Lipinski definition) is 1. The number of aryl methyl sites for hydroxylation is 1. The van der Waals surface area contributed by atoms with E-state index in [0.717, 1.165) is 16.9 Å². The van der Waals surface area contributed by atoms with Crippen LogP contribution in [0.3, 0.4) is 0 Å². The van der Waals surface area contributed by atoms with Gasteiger partial charge >= 0.3 is 5.97 Å². The number of ether oxygens (including phenoxy) is 3. The van der Waals surface area contributed by atoms with Crippen molar-refractivity contribution < 1.29 is 19.0 Å². The van der Waals surface area contributed by atoms with E-state index in [0.29, 0.717) is 26.2 Å². The standard InChI is InChI=1S/C23H27NO4/c1-3-12-26-23(25)22-13-21(14-24-22)28-16-19-8-10-20(11-9-19)27-15-18-6-4-17(2)5-7-18/h3-11,21-22,24H,1,12-16H2,2H3. The second-order valence-corrected chi connectivity index (χ2v) is 6.97. The third-order valence-corrected chi connectivity index (χ3v) is 4.65. The molecule has 0 radical (unpaired) electrons. The number of nitrogens with one attached hydrogen (secondary N) is 1. The number of benzene rings is 2. The first-order valence-electron chi connectivity index (χ1n) is 9.54. The highest BCUT2D eigenvalue weighted by Gasteiger charge is 2.30. The first kappa shape index (κ1) is 20.1. The molecule has 1 fully saturated rings. The number of hydrogen-bond acceptors (Lipinski definition) is 5. The predicted octanol–water partition coefficient (Wildman–Crippen LogP) is 3.55. The molecule has 1 N–H and O–H groups in total. The van der Waals surface area contributed by atoms with Crippen LogP contribution in [0.1, 0.15) is 23.1 Å². The van der Waals surface area contributed by atoms with Crippen LogP contribution in [-0.4, -0.2) is 31.3 Å². The van der Waals surface area contributed by atoms with Gasteiger partial charge < -0.3 is 19.5 Å². The van der Waals surface area contributed by atoms with Crippen molar-refractivity contribution in [2.45, 2.75) is 38.7 Å². The maximum Gasteiger partial charge on any atom is 0.323 e. The van der Waals surface area contributed by atoms with Crippen LogP contribution in [-0.2, 0) is 27.5 Å². The van der Waals surface area contributed by atoms with Crippen LogP contribution in [0.15, 0.2) is 61.2 Å². The van der Waals surface area contributed by atoms with Gasteiger partial charge in [-0.2, -0.15) is 0 Å². The summed E-state index contributed by atoms with van der Waals surface area (Å²) in [7, 11) is 0. The Labute approximate surface area is 166 Å². The summed E-state index contributed by atoms with van der Waals surface area (Å²) in [6.45, 7) is 7.54. The predicted molar refractivity (Wildman–Crippen MR) is 108 cm³/mol. The largest absolute Gasteiger partial charge is 0.489 e. The van der Waals surface area contributed by atoms with Gasteiger partial charge in [0.05, 0.1) is 12.7 Å². The molecule has 28 heavy (non-hydrogen) atoms. The molecule has 5 heteroatoms. The zero-order valence-corrected chi connectivity index (χ0v) is 16.2. The molecule has 148 valence electrons. The van der Waals surface area contributed by atoms with Gasteiger partial charge in [0.25, 0.3) is 0 Å². The number of carbonyl (C=O) groups excluding carboxylic acids is 1. The first-order chi connectivity index (χ1) is 13.6. The molecule has 2 aromatic carbocycles. The molecule has 0 bridgehead atoms. The van der Waals surface area contributed by atoms with Gasteiger partial charge in [-0.25, -0.2) is 0 Å². The van der Waals surface area contributed by atoms with Crippen LogP contribution >= 0.6 is 0 Å². The number of rotatable bonds is 9. The molecular weight excluding hydrogens is 354 g/mol. The van der Waals surface area contributed by atoms with E-state index in [2.05, 4.69) is 43.1 Å². The van der Waals surface area contributed by atoms with Crippen molar-refractivity contribution in [3.63, 3.8) is 0 Å². The Morgan fingerprint density at radius 1 is 1.11 bits per heavy atom. The molecule has 3 rings (SSSR count). The molecule has 0 amide bonds. The minimum absolute atomic E-state index is 0.00116. The number of esters is 1. The van der Waals surface area contributed by atoms with Crippen LogP contribution in [0.25, 0.3) is 0 Å². The third-order valence-electron chi connectivity index (χ3n) is 4.65. The van der Waals surface area contributed by atoms with Gasteiger partial charge in [-0.15, -0.1) is 0 Å². The highest BCUT2D eigenvalue weighted by molar-refractivity contribution is 5.76. The lowest BCUT2D eigenvalue weighted by Gasteiger charge is -2.12. The molecule has 2 aromatic rings. The topological polar surface area (TPSA) is 56.8 Å². The van der Waals surface area contributed by atoms with E-state index in [1.54, 1.807) is 6.08 Å². The zero-order valence-electron chi connectivity index (χ0n) is 16.2. The second-order valence-electron chi connectivity index (χ2n) is 6.97. The summed E-state index contributed by atoms with van der Waals surface area (Å²) in [6, 6.07) is 15.9. The monoisotopic (exact) mass is 381 g/mol. The van der Waals surface area contributed by atoms with Crippen LogP contribution < -0.4 is 10.1 Å². The van der Waals surface area contributed by atoms with Crippen molar-refractivity contribution in [3.8, 4) is 5.75 Å². The van der Waals surface area contributed by atoms with Crippen molar-refractivity contribution in [1.82, 2.24) is 5.32 Å². The van der Waals surface area contributed by atoms with Crippen LogP contribution in [0.2, 0.25) is 0 Å². The Morgan fingerprint density at radius 3 is 2.50 bits per heavy atom. The zero-order chi connectivity index (χ0) is 19.8. The fraction of sp³-hybridized carbons (Fsp3) is 0.348. The van der Waals surface area contributed by atoms with Crippen molar-refractivity contribution in [3.05, 3.63) is 77.9 Å². The van der Waals surface area contributed by atoms with Gasteiger partial charge in [0.2, 0.25) is 0 Å².